The van der Waals surface area contributed by atoms with Crippen molar-refractivity contribution >= 4 is 0 Å². The van der Waals surface area contributed by atoms with Crippen LogP contribution in [0.1, 0.15) is 12.8 Å². The van der Waals surface area contributed by atoms with Crippen molar-refractivity contribution in [2.75, 3.05) is 26.7 Å². The maximum atomic E-state index is 5.31. The highest BCUT2D eigenvalue weighted by Crippen LogP contribution is 2.33. The highest BCUT2D eigenvalue weighted by Gasteiger charge is 2.34. The lowest BCUT2D eigenvalue weighted by atomic mass is 9.79. The summed E-state index contributed by atoms with van der Waals surface area (Å²) in [5.41, 5.74) is 2.33. The van der Waals surface area contributed by atoms with E-state index in [1.807, 2.05) is 18.3 Å². The van der Waals surface area contributed by atoms with Crippen molar-refractivity contribution in [3.05, 3.63) is 36.7 Å². The fraction of sp³-hybridized carbons (Fsp3) is 0.500. The molecule has 1 aromatic heterocycles. The van der Waals surface area contributed by atoms with Crippen molar-refractivity contribution in [1.29, 1.82) is 0 Å². The van der Waals surface area contributed by atoms with Gasteiger partial charge in [0.25, 0.3) is 0 Å². The van der Waals surface area contributed by atoms with E-state index in [2.05, 4.69) is 33.0 Å². The Morgan fingerprint density at radius 1 is 1.23 bits per heavy atom. The van der Waals surface area contributed by atoms with Crippen molar-refractivity contribution in [2.24, 2.45) is 11.8 Å². The Labute approximate surface area is 131 Å². The standard InChI is InChI=1S/C18H23N3O/c1-22-18-4-2-3-15(9-18)16-10-19-21(12-16)13-17-11-20-7-5-14(17)6-8-20/h2-4,9-10,12,14,17H,5-8,11,13H2,1H3. The maximum Gasteiger partial charge on any atom is 0.119 e. The molecular weight excluding hydrogens is 274 g/mol. The Hall–Kier alpha value is -1.81. The second-order valence-electron chi connectivity index (χ2n) is 6.58. The van der Waals surface area contributed by atoms with Gasteiger partial charge in [-0.2, -0.15) is 5.10 Å². The molecule has 4 heteroatoms. The minimum absolute atomic E-state index is 0.764. The average molecular weight is 297 g/mol. The monoisotopic (exact) mass is 297 g/mol. The summed E-state index contributed by atoms with van der Waals surface area (Å²) in [6.45, 7) is 4.90. The van der Waals surface area contributed by atoms with Crippen molar-refractivity contribution in [3.63, 3.8) is 0 Å². The normalized spacial score (nSPS) is 27.0. The van der Waals surface area contributed by atoms with Gasteiger partial charge in [-0.25, -0.2) is 0 Å². The fourth-order valence-corrected chi connectivity index (χ4v) is 3.95. The Morgan fingerprint density at radius 2 is 2.09 bits per heavy atom. The van der Waals surface area contributed by atoms with E-state index >= 15 is 0 Å². The van der Waals surface area contributed by atoms with Crippen LogP contribution in [0.3, 0.4) is 0 Å². The second kappa shape index (κ2) is 5.76. The SMILES string of the molecule is COc1cccc(-c2cnn(CC3CN4CCC3CC4)c2)c1. The van der Waals surface area contributed by atoms with Gasteiger partial charge in [-0.1, -0.05) is 12.1 Å². The van der Waals surface area contributed by atoms with E-state index < -0.39 is 0 Å². The summed E-state index contributed by atoms with van der Waals surface area (Å²) in [4.78, 5) is 2.61. The first-order chi connectivity index (χ1) is 10.8. The summed E-state index contributed by atoms with van der Waals surface area (Å²) in [6, 6.07) is 8.17. The van der Waals surface area contributed by atoms with Gasteiger partial charge in [0.1, 0.15) is 5.75 Å². The summed E-state index contributed by atoms with van der Waals surface area (Å²) in [6.07, 6.45) is 6.88. The number of methoxy groups -OCH3 is 1. The summed E-state index contributed by atoms with van der Waals surface area (Å²) in [5, 5.41) is 4.58. The van der Waals surface area contributed by atoms with E-state index in [9.17, 15) is 0 Å². The van der Waals surface area contributed by atoms with E-state index in [0.717, 1.165) is 24.1 Å². The van der Waals surface area contributed by atoms with Crippen LogP contribution < -0.4 is 4.74 Å². The number of hydrogen-bond donors (Lipinski definition) is 0. The van der Waals surface area contributed by atoms with Crippen LogP contribution in [-0.2, 0) is 6.54 Å². The molecule has 3 aliphatic rings. The lowest BCUT2D eigenvalue weighted by molar-refractivity contribution is 0.0405. The topological polar surface area (TPSA) is 30.3 Å². The van der Waals surface area contributed by atoms with Crippen LogP contribution in [0.2, 0.25) is 0 Å². The van der Waals surface area contributed by atoms with Crippen LogP contribution in [-0.4, -0.2) is 41.4 Å². The first-order valence-electron chi connectivity index (χ1n) is 8.21. The predicted octanol–water partition coefficient (Wildman–Crippen LogP) is 2.90. The molecule has 0 spiro atoms. The van der Waals surface area contributed by atoms with E-state index in [4.69, 9.17) is 4.74 Å². The molecular formula is C18H23N3O. The third-order valence-electron chi connectivity index (χ3n) is 5.25. The molecule has 4 nitrogen and oxygen atoms in total. The van der Waals surface area contributed by atoms with Crippen molar-refractivity contribution in [2.45, 2.75) is 19.4 Å². The van der Waals surface area contributed by atoms with Crippen LogP contribution in [0.5, 0.6) is 5.75 Å². The molecule has 4 heterocycles. The smallest absolute Gasteiger partial charge is 0.119 e. The second-order valence-corrected chi connectivity index (χ2v) is 6.58. The fourth-order valence-electron chi connectivity index (χ4n) is 3.95. The van der Waals surface area contributed by atoms with Crippen LogP contribution >= 0.6 is 0 Å². The molecule has 22 heavy (non-hydrogen) atoms. The van der Waals surface area contributed by atoms with Crippen LogP contribution in [0.25, 0.3) is 11.1 Å². The number of benzene rings is 1. The van der Waals surface area contributed by atoms with Gasteiger partial charge in [0.2, 0.25) is 0 Å². The van der Waals surface area contributed by atoms with Crippen LogP contribution in [0, 0.1) is 11.8 Å². The van der Waals surface area contributed by atoms with Gasteiger partial charge in [0, 0.05) is 24.8 Å². The maximum absolute atomic E-state index is 5.31. The number of piperidine rings is 3. The van der Waals surface area contributed by atoms with Crippen molar-refractivity contribution < 1.29 is 4.74 Å². The molecule has 0 N–H and O–H groups in total. The highest BCUT2D eigenvalue weighted by atomic mass is 16.5. The molecule has 116 valence electrons. The van der Waals surface area contributed by atoms with Crippen molar-refractivity contribution in [1.82, 2.24) is 14.7 Å². The lowest BCUT2D eigenvalue weighted by Crippen LogP contribution is -2.48. The third-order valence-corrected chi connectivity index (χ3v) is 5.25. The van der Waals surface area contributed by atoms with E-state index in [0.29, 0.717) is 0 Å². The summed E-state index contributed by atoms with van der Waals surface area (Å²) >= 11 is 0. The zero-order valence-electron chi connectivity index (χ0n) is 13.1. The summed E-state index contributed by atoms with van der Waals surface area (Å²) < 4.78 is 7.43. The first-order valence-corrected chi connectivity index (χ1v) is 8.21. The molecule has 0 saturated carbocycles. The van der Waals surface area contributed by atoms with Gasteiger partial charge in [-0.15, -0.1) is 0 Å². The zero-order valence-corrected chi connectivity index (χ0v) is 13.1. The molecule has 2 bridgehead atoms. The Bertz CT molecular complexity index is 643. The van der Waals surface area contributed by atoms with E-state index in [1.165, 1.54) is 43.6 Å². The molecule has 3 fully saturated rings. The Balaban J connectivity index is 1.49. The number of aromatic nitrogens is 2. The molecule has 3 saturated heterocycles. The average Bonchev–Trinajstić information content (AvgIpc) is 3.04. The first kappa shape index (κ1) is 13.8. The molecule has 3 aliphatic heterocycles. The number of ether oxygens (including phenoxy) is 1. The van der Waals surface area contributed by atoms with Gasteiger partial charge >= 0.3 is 0 Å². The Kier molecular flexibility index (Phi) is 3.62. The summed E-state index contributed by atoms with van der Waals surface area (Å²) in [5.74, 6) is 2.55. The van der Waals surface area contributed by atoms with Gasteiger partial charge in [-0.3, -0.25) is 4.68 Å². The molecule has 2 aromatic rings. The third kappa shape index (κ3) is 2.63. The minimum atomic E-state index is 0.764. The van der Waals surface area contributed by atoms with E-state index in [1.54, 1.807) is 7.11 Å². The molecule has 0 amide bonds. The largest absolute Gasteiger partial charge is 0.497 e. The molecule has 5 rings (SSSR count). The van der Waals surface area contributed by atoms with Gasteiger partial charge in [-0.05, 0) is 55.5 Å². The summed E-state index contributed by atoms with van der Waals surface area (Å²) in [7, 11) is 1.70. The van der Waals surface area contributed by atoms with Gasteiger partial charge in [0.15, 0.2) is 0 Å². The Morgan fingerprint density at radius 3 is 2.82 bits per heavy atom. The number of hydrogen-bond acceptors (Lipinski definition) is 3. The highest BCUT2D eigenvalue weighted by molar-refractivity contribution is 5.63. The van der Waals surface area contributed by atoms with Crippen LogP contribution in [0.15, 0.2) is 36.7 Å². The number of rotatable bonds is 4. The lowest BCUT2D eigenvalue weighted by Gasteiger charge is -2.44. The van der Waals surface area contributed by atoms with Crippen molar-refractivity contribution in [3.8, 4) is 16.9 Å². The minimum Gasteiger partial charge on any atom is -0.497 e. The quantitative estimate of drug-likeness (QED) is 0.869. The van der Waals surface area contributed by atoms with E-state index in [-0.39, 0.29) is 0 Å². The van der Waals surface area contributed by atoms with Crippen LogP contribution in [0.4, 0.5) is 0 Å². The number of fused-ring (bicyclic) bond motifs is 3. The molecule has 1 unspecified atom stereocenters. The van der Waals surface area contributed by atoms with Gasteiger partial charge < -0.3 is 9.64 Å². The van der Waals surface area contributed by atoms with Gasteiger partial charge in [0.05, 0.1) is 13.3 Å². The zero-order chi connectivity index (χ0) is 14.9. The molecule has 1 atom stereocenters. The molecule has 0 aliphatic carbocycles. The molecule has 1 aromatic carbocycles. The number of nitrogens with zero attached hydrogens (tertiary/aromatic N) is 3. The molecule has 0 radical (unpaired) electrons. The predicted molar refractivity (Wildman–Crippen MR) is 86.9 cm³/mol.